The minimum absolute atomic E-state index is 0.377. The predicted octanol–water partition coefficient (Wildman–Crippen LogP) is 0.903. The molecule has 1 aliphatic rings. The molecule has 7 heavy (non-hydrogen) atoms. The van der Waals surface area contributed by atoms with Crippen LogP contribution in [0.25, 0.3) is 0 Å². The number of nitrogens with zero attached hydrogens (tertiary/aromatic N) is 2. The van der Waals surface area contributed by atoms with Crippen LogP contribution in [-0.4, -0.2) is 23.0 Å². The monoisotopic (exact) mass is 208 g/mol. The van der Waals surface area contributed by atoms with Crippen LogP contribution < -0.4 is 0 Å². The molecule has 0 fully saturated rings. The van der Waals surface area contributed by atoms with Crippen molar-refractivity contribution < 1.29 is 0 Å². The molecule has 38 valence electrons. The third-order valence-corrected chi connectivity index (χ3v) is 1.39. The number of hydrogen-bond donors (Lipinski definition) is 0. The van der Waals surface area contributed by atoms with E-state index in [9.17, 15) is 0 Å². The van der Waals surface area contributed by atoms with Gasteiger partial charge in [-0.3, -0.25) is 9.98 Å². The molecule has 0 aromatic carbocycles. The van der Waals surface area contributed by atoms with Crippen LogP contribution in [0.1, 0.15) is 0 Å². The summed E-state index contributed by atoms with van der Waals surface area (Å²) in [5.74, 6) is 0. The molecule has 3 heteroatoms. The summed E-state index contributed by atoms with van der Waals surface area (Å²) in [4.78, 5) is 8.02. The normalized spacial score (nSPS) is 28.4. The van der Waals surface area contributed by atoms with Crippen molar-refractivity contribution in [1.29, 1.82) is 0 Å². The predicted molar refractivity (Wildman–Crippen MR) is 39.7 cm³/mol. The smallest absolute Gasteiger partial charge is 0.120 e. The number of hydrogen-bond acceptors (Lipinski definition) is 2. The maximum absolute atomic E-state index is 4.04. The Bertz CT molecular complexity index is 108. The first-order valence-electron chi connectivity index (χ1n) is 2.05. The van der Waals surface area contributed by atoms with E-state index >= 15 is 0 Å². The molecule has 0 saturated heterocycles. The maximum Gasteiger partial charge on any atom is 0.120 e. The van der Waals surface area contributed by atoms with Crippen molar-refractivity contribution in [3.8, 4) is 0 Å². The van der Waals surface area contributed by atoms with Crippen LogP contribution in [0.4, 0.5) is 0 Å². The number of halogens is 1. The van der Waals surface area contributed by atoms with Crippen molar-refractivity contribution in [2.75, 3.05) is 6.54 Å². The third kappa shape index (κ3) is 1.54. The Morgan fingerprint density at radius 3 is 2.71 bits per heavy atom. The molecule has 0 aliphatic carbocycles. The molecular formula is C4H5IN2. The average molecular weight is 208 g/mol. The van der Waals surface area contributed by atoms with Gasteiger partial charge in [-0.25, -0.2) is 0 Å². The standard InChI is InChI=1S/C4H5IN2/c5-4-3-6-1-2-7-4/h1-2,4H,3H2. The molecule has 1 rings (SSSR count). The van der Waals surface area contributed by atoms with Gasteiger partial charge in [0.2, 0.25) is 0 Å². The van der Waals surface area contributed by atoms with Crippen molar-refractivity contribution in [2.24, 2.45) is 9.98 Å². The molecule has 0 N–H and O–H groups in total. The van der Waals surface area contributed by atoms with Gasteiger partial charge in [0.15, 0.2) is 0 Å². The highest BCUT2D eigenvalue weighted by atomic mass is 127. The molecule has 1 heterocycles. The van der Waals surface area contributed by atoms with Crippen LogP contribution in [0.5, 0.6) is 0 Å². The molecule has 2 nitrogen and oxygen atoms in total. The molecule has 0 bridgehead atoms. The molecular weight excluding hydrogens is 203 g/mol. The first-order valence-corrected chi connectivity index (χ1v) is 3.30. The zero-order chi connectivity index (χ0) is 5.11. The van der Waals surface area contributed by atoms with Gasteiger partial charge in [0.1, 0.15) is 4.05 Å². The second kappa shape index (κ2) is 2.40. The third-order valence-electron chi connectivity index (χ3n) is 0.676. The van der Waals surface area contributed by atoms with Crippen molar-refractivity contribution in [3.63, 3.8) is 0 Å². The number of aliphatic imine (C=N–C) groups is 2. The Labute approximate surface area is 55.9 Å². The van der Waals surface area contributed by atoms with Gasteiger partial charge >= 0.3 is 0 Å². The van der Waals surface area contributed by atoms with Gasteiger partial charge in [-0.15, -0.1) is 0 Å². The van der Waals surface area contributed by atoms with Crippen molar-refractivity contribution in [2.45, 2.75) is 4.05 Å². The van der Waals surface area contributed by atoms with Gasteiger partial charge in [0.25, 0.3) is 0 Å². The topological polar surface area (TPSA) is 24.7 Å². The summed E-state index contributed by atoms with van der Waals surface area (Å²) in [5.41, 5.74) is 0. The fraction of sp³-hybridized carbons (Fsp3) is 0.500. The highest BCUT2D eigenvalue weighted by Crippen LogP contribution is 2.02. The van der Waals surface area contributed by atoms with E-state index in [0.717, 1.165) is 6.54 Å². The van der Waals surface area contributed by atoms with Crippen LogP contribution in [0.15, 0.2) is 9.98 Å². The van der Waals surface area contributed by atoms with Crippen LogP contribution in [-0.2, 0) is 0 Å². The van der Waals surface area contributed by atoms with E-state index in [4.69, 9.17) is 0 Å². The maximum atomic E-state index is 4.04. The SMILES string of the molecule is IC1CN=CC=N1. The molecule has 0 spiro atoms. The lowest BCUT2D eigenvalue weighted by molar-refractivity contribution is 0.946. The van der Waals surface area contributed by atoms with E-state index in [0.29, 0.717) is 4.05 Å². The van der Waals surface area contributed by atoms with Crippen molar-refractivity contribution in [3.05, 3.63) is 0 Å². The van der Waals surface area contributed by atoms with Gasteiger partial charge < -0.3 is 0 Å². The van der Waals surface area contributed by atoms with Crippen LogP contribution >= 0.6 is 22.6 Å². The van der Waals surface area contributed by atoms with E-state index < -0.39 is 0 Å². The van der Waals surface area contributed by atoms with Crippen LogP contribution in [0.3, 0.4) is 0 Å². The second-order valence-electron chi connectivity index (χ2n) is 1.25. The highest BCUT2D eigenvalue weighted by Gasteiger charge is 1.97. The lowest BCUT2D eigenvalue weighted by Crippen LogP contribution is -2.03. The minimum atomic E-state index is 0.377. The molecule has 0 radical (unpaired) electrons. The molecule has 1 unspecified atom stereocenters. The lowest BCUT2D eigenvalue weighted by Gasteiger charge is -2.00. The number of rotatable bonds is 0. The largest absolute Gasteiger partial charge is 0.289 e. The van der Waals surface area contributed by atoms with E-state index in [-0.39, 0.29) is 0 Å². The van der Waals surface area contributed by atoms with Gasteiger partial charge in [-0.1, -0.05) is 22.6 Å². The molecule has 0 saturated carbocycles. The first kappa shape index (κ1) is 5.21. The summed E-state index contributed by atoms with van der Waals surface area (Å²) in [6, 6.07) is 0. The van der Waals surface area contributed by atoms with Gasteiger partial charge in [-0.2, -0.15) is 0 Å². The van der Waals surface area contributed by atoms with Crippen molar-refractivity contribution in [1.82, 2.24) is 0 Å². The summed E-state index contributed by atoms with van der Waals surface area (Å²) in [6.45, 7) is 0.844. The Balaban J connectivity index is 2.49. The molecule has 1 aliphatic heterocycles. The van der Waals surface area contributed by atoms with Crippen LogP contribution in [0, 0.1) is 0 Å². The minimum Gasteiger partial charge on any atom is -0.289 e. The fourth-order valence-electron chi connectivity index (χ4n) is 0.374. The number of alkyl halides is 1. The summed E-state index contributed by atoms with van der Waals surface area (Å²) in [6.07, 6.45) is 3.47. The summed E-state index contributed by atoms with van der Waals surface area (Å²) in [5, 5.41) is 0. The summed E-state index contributed by atoms with van der Waals surface area (Å²) < 4.78 is 0.377. The van der Waals surface area contributed by atoms with Crippen LogP contribution in [0.2, 0.25) is 0 Å². The second-order valence-corrected chi connectivity index (χ2v) is 2.68. The zero-order valence-electron chi connectivity index (χ0n) is 3.71. The highest BCUT2D eigenvalue weighted by molar-refractivity contribution is 14.1. The Hall–Kier alpha value is 0.0700. The van der Waals surface area contributed by atoms with E-state index in [1.165, 1.54) is 0 Å². The summed E-state index contributed by atoms with van der Waals surface area (Å²) in [7, 11) is 0. The van der Waals surface area contributed by atoms with E-state index in [1.54, 1.807) is 12.4 Å². The molecule has 0 aromatic rings. The molecule has 1 atom stereocenters. The quantitative estimate of drug-likeness (QED) is 0.321. The van der Waals surface area contributed by atoms with E-state index in [2.05, 4.69) is 32.6 Å². The Kier molecular flexibility index (Phi) is 1.78. The summed E-state index contributed by atoms with van der Waals surface area (Å²) >= 11 is 2.25. The van der Waals surface area contributed by atoms with Crippen molar-refractivity contribution >= 4 is 35.0 Å². The molecule has 0 aromatic heterocycles. The average Bonchev–Trinajstić information content (AvgIpc) is 1.69. The van der Waals surface area contributed by atoms with Gasteiger partial charge in [-0.05, 0) is 0 Å². The lowest BCUT2D eigenvalue weighted by atomic mass is 10.6. The molecule has 0 amide bonds. The first-order chi connectivity index (χ1) is 3.39. The zero-order valence-corrected chi connectivity index (χ0v) is 5.87. The fourth-order valence-corrected chi connectivity index (χ4v) is 0.787. The Morgan fingerprint density at radius 2 is 2.43 bits per heavy atom. The Morgan fingerprint density at radius 1 is 1.57 bits per heavy atom. The van der Waals surface area contributed by atoms with E-state index in [1.807, 2.05) is 0 Å². The van der Waals surface area contributed by atoms with Gasteiger partial charge in [0, 0.05) is 12.4 Å². The van der Waals surface area contributed by atoms with Gasteiger partial charge in [0.05, 0.1) is 6.54 Å².